The van der Waals surface area contributed by atoms with Crippen LogP contribution >= 0.6 is 24.0 Å². The highest BCUT2D eigenvalue weighted by Crippen LogP contribution is 2.23. The third-order valence-corrected chi connectivity index (χ3v) is 4.01. The molecular formula is C20H23FIN5O2. The molecule has 0 atom stereocenters. The molecule has 0 aliphatic carbocycles. The van der Waals surface area contributed by atoms with Gasteiger partial charge in [-0.2, -0.15) is 0 Å². The number of hydrogen-bond acceptors (Lipinski definition) is 5. The van der Waals surface area contributed by atoms with Gasteiger partial charge in [-0.25, -0.2) is 14.4 Å². The molecule has 0 bridgehead atoms. The lowest BCUT2D eigenvalue weighted by atomic mass is 10.2. The van der Waals surface area contributed by atoms with Gasteiger partial charge >= 0.3 is 0 Å². The Morgan fingerprint density at radius 3 is 2.66 bits per heavy atom. The predicted molar refractivity (Wildman–Crippen MR) is 119 cm³/mol. The smallest absolute Gasteiger partial charge is 0.224 e. The lowest BCUT2D eigenvalue weighted by molar-refractivity contribution is 0.450. The number of aromatic nitrogens is 2. The average molecular weight is 511 g/mol. The van der Waals surface area contributed by atoms with E-state index in [0.29, 0.717) is 36.6 Å². The predicted octanol–water partition coefficient (Wildman–Crippen LogP) is 4.10. The largest absolute Gasteiger partial charge is 0.444 e. The van der Waals surface area contributed by atoms with E-state index in [-0.39, 0.29) is 29.8 Å². The van der Waals surface area contributed by atoms with Crippen molar-refractivity contribution in [2.24, 2.45) is 4.99 Å². The van der Waals surface area contributed by atoms with Crippen molar-refractivity contribution < 1.29 is 13.5 Å². The minimum atomic E-state index is -0.366. The first-order valence-electron chi connectivity index (χ1n) is 8.80. The van der Waals surface area contributed by atoms with Crippen molar-refractivity contribution in [2.75, 3.05) is 7.05 Å². The van der Waals surface area contributed by atoms with Crippen LogP contribution in [0.4, 0.5) is 4.39 Å². The number of oxazole rings is 1. The average Bonchev–Trinajstić information content (AvgIpc) is 3.01. The highest BCUT2D eigenvalue weighted by atomic mass is 127. The zero-order chi connectivity index (χ0) is 19.9. The van der Waals surface area contributed by atoms with E-state index in [0.717, 1.165) is 17.0 Å². The van der Waals surface area contributed by atoms with E-state index in [1.54, 1.807) is 25.4 Å². The summed E-state index contributed by atoms with van der Waals surface area (Å²) in [4.78, 5) is 12.8. The van der Waals surface area contributed by atoms with Crippen molar-refractivity contribution in [3.05, 3.63) is 71.3 Å². The summed E-state index contributed by atoms with van der Waals surface area (Å²) in [5.74, 6) is 2.39. The first-order valence-corrected chi connectivity index (χ1v) is 8.80. The summed E-state index contributed by atoms with van der Waals surface area (Å²) in [5.41, 5.74) is 1.67. The molecule has 1 aromatic carbocycles. The van der Waals surface area contributed by atoms with E-state index in [2.05, 4.69) is 25.6 Å². The van der Waals surface area contributed by atoms with E-state index in [1.807, 2.05) is 26.0 Å². The zero-order valence-corrected chi connectivity index (χ0v) is 18.7. The topological polar surface area (TPSA) is 84.6 Å². The van der Waals surface area contributed by atoms with Crippen molar-refractivity contribution >= 4 is 29.9 Å². The van der Waals surface area contributed by atoms with Crippen molar-refractivity contribution in [3.8, 4) is 11.6 Å². The number of rotatable bonds is 6. The number of pyridine rings is 1. The summed E-state index contributed by atoms with van der Waals surface area (Å²) in [5, 5.41) is 6.34. The maximum Gasteiger partial charge on any atom is 0.224 e. The molecule has 2 aromatic heterocycles. The van der Waals surface area contributed by atoms with Crippen LogP contribution in [0.5, 0.6) is 11.6 Å². The number of aryl methyl sites for hydroxylation is 2. The Labute approximate surface area is 185 Å². The van der Waals surface area contributed by atoms with E-state index in [1.165, 1.54) is 12.1 Å². The molecule has 0 fully saturated rings. The Kier molecular flexibility index (Phi) is 8.37. The standard InChI is InChI=1S/C20H22FN5O2.HI/c1-13-14(2)27-18(26-13)12-25-20(22-3)24-11-15-6-5-9-23-19(15)28-17-8-4-7-16(21)10-17;/h4-10H,11-12H2,1-3H3,(H2,22,24,25);1H. The summed E-state index contributed by atoms with van der Waals surface area (Å²) < 4.78 is 24.6. The summed E-state index contributed by atoms with van der Waals surface area (Å²) in [6.45, 7) is 4.61. The third kappa shape index (κ3) is 6.41. The van der Waals surface area contributed by atoms with Gasteiger partial charge in [-0.15, -0.1) is 24.0 Å². The van der Waals surface area contributed by atoms with Crippen LogP contribution in [-0.2, 0) is 13.1 Å². The Morgan fingerprint density at radius 1 is 1.17 bits per heavy atom. The van der Waals surface area contributed by atoms with E-state index in [4.69, 9.17) is 9.15 Å². The van der Waals surface area contributed by atoms with Crippen molar-refractivity contribution in [2.45, 2.75) is 26.9 Å². The second-order valence-electron chi connectivity index (χ2n) is 6.06. The van der Waals surface area contributed by atoms with Crippen LogP contribution in [0.2, 0.25) is 0 Å². The minimum Gasteiger partial charge on any atom is -0.444 e. The van der Waals surface area contributed by atoms with Gasteiger partial charge in [-0.05, 0) is 32.0 Å². The fraction of sp³-hybridized carbons (Fsp3) is 0.250. The molecule has 0 saturated carbocycles. The van der Waals surface area contributed by atoms with E-state index < -0.39 is 0 Å². The van der Waals surface area contributed by atoms with Gasteiger partial charge in [0.2, 0.25) is 11.8 Å². The molecular weight excluding hydrogens is 488 g/mol. The van der Waals surface area contributed by atoms with Gasteiger partial charge < -0.3 is 19.8 Å². The first-order chi connectivity index (χ1) is 13.5. The summed E-state index contributed by atoms with van der Waals surface area (Å²) in [7, 11) is 1.68. The maximum absolute atomic E-state index is 13.4. The second kappa shape index (κ2) is 10.7. The number of hydrogen-bond donors (Lipinski definition) is 2. The quantitative estimate of drug-likeness (QED) is 0.295. The Morgan fingerprint density at radius 2 is 1.97 bits per heavy atom. The molecule has 0 radical (unpaired) electrons. The Bertz CT molecular complexity index is 958. The number of halogens is 2. The molecule has 9 heteroatoms. The highest BCUT2D eigenvalue weighted by molar-refractivity contribution is 14.0. The van der Waals surface area contributed by atoms with Gasteiger partial charge in [0, 0.05) is 31.4 Å². The zero-order valence-electron chi connectivity index (χ0n) is 16.4. The summed E-state index contributed by atoms with van der Waals surface area (Å²) in [6.07, 6.45) is 1.62. The Hall–Kier alpha value is -2.69. The van der Waals surface area contributed by atoms with Gasteiger partial charge in [0.25, 0.3) is 0 Å². The normalized spacial score (nSPS) is 11.0. The summed E-state index contributed by atoms with van der Waals surface area (Å²) in [6, 6.07) is 9.62. The van der Waals surface area contributed by atoms with Crippen LogP contribution in [0.3, 0.4) is 0 Å². The number of guanidine groups is 1. The molecule has 0 aliphatic rings. The lowest BCUT2D eigenvalue weighted by Crippen LogP contribution is -2.36. The fourth-order valence-corrected chi connectivity index (χ4v) is 2.47. The SMILES string of the molecule is CN=C(NCc1nc(C)c(C)o1)NCc1cccnc1Oc1cccc(F)c1.I. The maximum atomic E-state index is 13.4. The molecule has 29 heavy (non-hydrogen) atoms. The van der Waals surface area contributed by atoms with Crippen LogP contribution in [0.15, 0.2) is 52.0 Å². The number of benzene rings is 1. The van der Waals surface area contributed by atoms with Crippen LogP contribution in [0, 0.1) is 19.7 Å². The monoisotopic (exact) mass is 511 g/mol. The molecule has 0 aliphatic heterocycles. The minimum absolute atomic E-state index is 0. The second-order valence-corrected chi connectivity index (χ2v) is 6.06. The van der Waals surface area contributed by atoms with Crippen LogP contribution < -0.4 is 15.4 Å². The Balaban J connectivity index is 0.00000300. The first kappa shape index (κ1) is 22.6. The van der Waals surface area contributed by atoms with Gasteiger partial charge in [-0.1, -0.05) is 12.1 Å². The van der Waals surface area contributed by atoms with Crippen molar-refractivity contribution in [1.82, 2.24) is 20.6 Å². The van der Waals surface area contributed by atoms with Gasteiger partial charge in [0.05, 0.1) is 12.2 Å². The van der Waals surface area contributed by atoms with Crippen LogP contribution in [0.25, 0.3) is 0 Å². The number of aliphatic imine (C=N–C) groups is 1. The molecule has 3 rings (SSSR count). The molecule has 3 aromatic rings. The molecule has 2 heterocycles. The molecule has 0 spiro atoms. The molecule has 0 unspecified atom stereocenters. The van der Waals surface area contributed by atoms with Crippen LogP contribution in [-0.4, -0.2) is 23.0 Å². The van der Waals surface area contributed by atoms with Gasteiger partial charge in [0.15, 0.2) is 5.96 Å². The molecule has 7 nitrogen and oxygen atoms in total. The molecule has 2 N–H and O–H groups in total. The lowest BCUT2D eigenvalue weighted by Gasteiger charge is -2.13. The fourth-order valence-electron chi connectivity index (χ4n) is 2.47. The number of nitrogens with zero attached hydrogens (tertiary/aromatic N) is 3. The molecule has 0 saturated heterocycles. The van der Waals surface area contributed by atoms with E-state index >= 15 is 0 Å². The van der Waals surface area contributed by atoms with Gasteiger partial charge in [0.1, 0.15) is 17.3 Å². The summed E-state index contributed by atoms with van der Waals surface area (Å²) >= 11 is 0. The third-order valence-electron chi connectivity index (χ3n) is 4.01. The number of ether oxygens (including phenoxy) is 1. The van der Waals surface area contributed by atoms with Crippen molar-refractivity contribution in [3.63, 3.8) is 0 Å². The molecule has 154 valence electrons. The van der Waals surface area contributed by atoms with Crippen LogP contribution in [0.1, 0.15) is 22.9 Å². The van der Waals surface area contributed by atoms with E-state index in [9.17, 15) is 4.39 Å². The highest BCUT2D eigenvalue weighted by Gasteiger charge is 2.09. The molecule has 0 amide bonds. The van der Waals surface area contributed by atoms with Gasteiger partial charge in [-0.3, -0.25) is 4.99 Å². The van der Waals surface area contributed by atoms with Crippen molar-refractivity contribution in [1.29, 1.82) is 0 Å². The number of nitrogens with one attached hydrogen (secondary N) is 2.